The van der Waals surface area contributed by atoms with Crippen molar-refractivity contribution in [2.24, 2.45) is 5.41 Å². The maximum Gasteiger partial charge on any atom is 0.120 e. The third-order valence-corrected chi connectivity index (χ3v) is 5.78. The molecule has 1 aromatic carbocycles. The second kappa shape index (κ2) is 5.94. The molecule has 0 spiro atoms. The van der Waals surface area contributed by atoms with Crippen LogP contribution in [0.3, 0.4) is 0 Å². The molecule has 110 valence electrons. The number of benzene rings is 1. The molecule has 0 unspecified atom stereocenters. The quantitative estimate of drug-likeness (QED) is 0.767. The first kappa shape index (κ1) is 14.2. The molecule has 0 amide bonds. The molecule has 3 rings (SSSR count). The summed E-state index contributed by atoms with van der Waals surface area (Å²) in [5.41, 5.74) is 1.88. The molecule has 0 aromatic heterocycles. The van der Waals surface area contributed by atoms with Gasteiger partial charge in [0.05, 0.1) is 7.11 Å². The van der Waals surface area contributed by atoms with Gasteiger partial charge >= 0.3 is 0 Å². The van der Waals surface area contributed by atoms with E-state index in [2.05, 4.69) is 43.9 Å². The fourth-order valence-electron chi connectivity index (χ4n) is 2.96. The lowest BCUT2D eigenvalue weighted by atomic mass is 10.1. The van der Waals surface area contributed by atoms with Crippen LogP contribution in [0.25, 0.3) is 0 Å². The highest BCUT2D eigenvalue weighted by Crippen LogP contribution is 2.47. The van der Waals surface area contributed by atoms with Crippen molar-refractivity contribution >= 4 is 21.6 Å². The zero-order valence-corrected chi connectivity index (χ0v) is 13.7. The second-order valence-electron chi connectivity index (χ2n) is 6.10. The summed E-state index contributed by atoms with van der Waals surface area (Å²) in [7, 11) is 1.73. The Morgan fingerprint density at radius 3 is 2.55 bits per heavy atom. The number of nitrogens with zero attached hydrogens (tertiary/aromatic N) is 2. The normalized spacial score (nSPS) is 21.8. The minimum absolute atomic E-state index is 0.595. The average molecular weight is 339 g/mol. The van der Waals surface area contributed by atoms with E-state index in [1.807, 2.05) is 6.07 Å². The molecule has 0 bridgehead atoms. The molecule has 1 aliphatic carbocycles. The van der Waals surface area contributed by atoms with Crippen molar-refractivity contribution in [1.82, 2.24) is 4.90 Å². The van der Waals surface area contributed by atoms with Crippen LogP contribution in [0.5, 0.6) is 5.75 Å². The standard InChI is InChI=1S/C16H23BrN2O/c1-20-15-4-2-3-14(11-15)19-9-7-18(8-10-19)13-16(12-17)5-6-16/h2-4,11H,5-10,12-13H2,1H3. The van der Waals surface area contributed by atoms with E-state index in [0.29, 0.717) is 5.41 Å². The van der Waals surface area contributed by atoms with E-state index in [1.54, 1.807) is 7.11 Å². The largest absolute Gasteiger partial charge is 0.497 e. The van der Waals surface area contributed by atoms with E-state index in [9.17, 15) is 0 Å². The summed E-state index contributed by atoms with van der Waals surface area (Å²) in [6, 6.07) is 8.40. The highest BCUT2D eigenvalue weighted by Gasteiger charge is 2.43. The molecular weight excluding hydrogens is 316 g/mol. The number of anilines is 1. The number of methoxy groups -OCH3 is 1. The van der Waals surface area contributed by atoms with E-state index < -0.39 is 0 Å². The van der Waals surface area contributed by atoms with Crippen molar-refractivity contribution in [3.05, 3.63) is 24.3 Å². The van der Waals surface area contributed by atoms with Crippen LogP contribution in [0, 0.1) is 5.41 Å². The van der Waals surface area contributed by atoms with E-state index in [0.717, 1.165) is 24.2 Å². The van der Waals surface area contributed by atoms with Crippen LogP contribution in [-0.4, -0.2) is 50.1 Å². The van der Waals surface area contributed by atoms with Crippen LogP contribution < -0.4 is 9.64 Å². The highest BCUT2D eigenvalue weighted by atomic mass is 79.9. The van der Waals surface area contributed by atoms with Gasteiger partial charge in [-0.15, -0.1) is 0 Å². The molecule has 1 saturated heterocycles. The molecule has 0 atom stereocenters. The summed E-state index contributed by atoms with van der Waals surface area (Å²) >= 11 is 3.67. The zero-order chi connectivity index (χ0) is 14.0. The van der Waals surface area contributed by atoms with Gasteiger partial charge in [0.1, 0.15) is 5.75 Å². The van der Waals surface area contributed by atoms with Crippen LogP contribution in [0.1, 0.15) is 12.8 Å². The van der Waals surface area contributed by atoms with E-state index in [1.165, 1.54) is 38.2 Å². The Kier molecular flexibility index (Phi) is 4.22. The molecule has 4 heteroatoms. The van der Waals surface area contributed by atoms with Gasteiger partial charge in [-0.3, -0.25) is 4.90 Å². The van der Waals surface area contributed by atoms with Crippen molar-refractivity contribution in [3.63, 3.8) is 0 Å². The predicted octanol–water partition coefficient (Wildman–Crippen LogP) is 2.99. The molecule has 0 radical (unpaired) electrons. The molecular formula is C16H23BrN2O. The molecule has 2 aliphatic rings. The maximum absolute atomic E-state index is 5.31. The first-order valence-electron chi connectivity index (χ1n) is 7.42. The Balaban J connectivity index is 1.55. The van der Waals surface area contributed by atoms with Crippen molar-refractivity contribution in [2.45, 2.75) is 12.8 Å². The summed E-state index contributed by atoms with van der Waals surface area (Å²) in [5.74, 6) is 0.946. The number of rotatable bonds is 5. The number of ether oxygens (including phenoxy) is 1. The predicted molar refractivity (Wildman–Crippen MR) is 87.1 cm³/mol. The molecule has 0 N–H and O–H groups in total. The van der Waals surface area contributed by atoms with Gasteiger partial charge in [-0.25, -0.2) is 0 Å². The summed E-state index contributed by atoms with van der Waals surface area (Å²) < 4.78 is 5.31. The molecule has 1 aliphatic heterocycles. The maximum atomic E-state index is 5.31. The van der Waals surface area contributed by atoms with Crippen LogP contribution in [0.2, 0.25) is 0 Å². The van der Waals surface area contributed by atoms with Gasteiger partial charge in [0, 0.05) is 49.8 Å². The molecule has 1 aromatic rings. The van der Waals surface area contributed by atoms with Crippen molar-refractivity contribution in [3.8, 4) is 5.75 Å². The SMILES string of the molecule is COc1cccc(N2CCN(CC3(CBr)CC3)CC2)c1. The van der Waals surface area contributed by atoms with Crippen molar-refractivity contribution < 1.29 is 4.74 Å². The van der Waals surface area contributed by atoms with Crippen LogP contribution >= 0.6 is 15.9 Å². The van der Waals surface area contributed by atoms with Gasteiger partial charge in [0.2, 0.25) is 0 Å². The van der Waals surface area contributed by atoms with Crippen LogP contribution in [0.4, 0.5) is 5.69 Å². The fourth-order valence-corrected chi connectivity index (χ4v) is 3.69. The molecule has 1 saturated carbocycles. The zero-order valence-electron chi connectivity index (χ0n) is 12.1. The lowest BCUT2D eigenvalue weighted by Gasteiger charge is -2.37. The number of hydrogen-bond acceptors (Lipinski definition) is 3. The van der Waals surface area contributed by atoms with E-state index >= 15 is 0 Å². The number of hydrogen-bond donors (Lipinski definition) is 0. The summed E-state index contributed by atoms with van der Waals surface area (Å²) in [5, 5.41) is 1.16. The van der Waals surface area contributed by atoms with E-state index in [-0.39, 0.29) is 0 Å². The smallest absolute Gasteiger partial charge is 0.120 e. The summed E-state index contributed by atoms with van der Waals surface area (Å²) in [6.45, 7) is 5.85. The lowest BCUT2D eigenvalue weighted by Crippen LogP contribution is -2.48. The van der Waals surface area contributed by atoms with Crippen molar-refractivity contribution in [2.75, 3.05) is 50.1 Å². The van der Waals surface area contributed by atoms with Crippen LogP contribution in [0.15, 0.2) is 24.3 Å². The summed E-state index contributed by atoms with van der Waals surface area (Å²) in [4.78, 5) is 5.09. The number of piperazine rings is 1. The van der Waals surface area contributed by atoms with Gasteiger partial charge in [-0.05, 0) is 30.4 Å². The Labute approximate surface area is 130 Å². The number of halogens is 1. The summed E-state index contributed by atoms with van der Waals surface area (Å²) in [6.07, 6.45) is 2.79. The number of alkyl halides is 1. The monoisotopic (exact) mass is 338 g/mol. The van der Waals surface area contributed by atoms with Crippen LogP contribution in [-0.2, 0) is 0 Å². The second-order valence-corrected chi connectivity index (χ2v) is 6.66. The Hall–Kier alpha value is -0.740. The minimum atomic E-state index is 0.595. The first-order chi connectivity index (χ1) is 9.74. The Morgan fingerprint density at radius 1 is 1.20 bits per heavy atom. The average Bonchev–Trinajstić information content (AvgIpc) is 3.28. The topological polar surface area (TPSA) is 15.7 Å². The van der Waals surface area contributed by atoms with Gasteiger partial charge in [-0.2, -0.15) is 0 Å². The lowest BCUT2D eigenvalue weighted by molar-refractivity contribution is 0.218. The Bertz CT molecular complexity index is 454. The third-order valence-electron chi connectivity index (χ3n) is 4.59. The fraction of sp³-hybridized carbons (Fsp3) is 0.625. The van der Waals surface area contributed by atoms with Gasteiger partial charge < -0.3 is 9.64 Å². The van der Waals surface area contributed by atoms with Gasteiger partial charge in [0.25, 0.3) is 0 Å². The van der Waals surface area contributed by atoms with Crippen molar-refractivity contribution in [1.29, 1.82) is 0 Å². The van der Waals surface area contributed by atoms with Gasteiger partial charge in [0.15, 0.2) is 0 Å². The minimum Gasteiger partial charge on any atom is -0.497 e. The molecule has 3 nitrogen and oxygen atoms in total. The molecule has 1 heterocycles. The van der Waals surface area contributed by atoms with E-state index in [4.69, 9.17) is 4.74 Å². The first-order valence-corrected chi connectivity index (χ1v) is 8.54. The Morgan fingerprint density at radius 2 is 1.95 bits per heavy atom. The van der Waals surface area contributed by atoms with Gasteiger partial charge in [-0.1, -0.05) is 22.0 Å². The molecule has 20 heavy (non-hydrogen) atoms. The molecule has 2 fully saturated rings. The third kappa shape index (κ3) is 3.12. The highest BCUT2D eigenvalue weighted by molar-refractivity contribution is 9.09.